The van der Waals surface area contributed by atoms with E-state index in [1.165, 1.54) is 30.5 Å². The van der Waals surface area contributed by atoms with E-state index in [9.17, 15) is 0 Å². The fraction of sp³-hybridized carbons (Fsp3) is 0.571. The summed E-state index contributed by atoms with van der Waals surface area (Å²) in [6.07, 6.45) is 4.81. The van der Waals surface area contributed by atoms with Crippen LogP contribution in [0.4, 0.5) is 11.4 Å². The molecule has 1 aromatic carbocycles. The topological polar surface area (TPSA) is 29.3 Å². The largest absolute Gasteiger partial charge is 0.399 e. The molecule has 1 aliphatic heterocycles. The Bertz CT molecular complexity index is 403. The van der Waals surface area contributed by atoms with Crippen molar-refractivity contribution in [2.24, 2.45) is 0 Å². The molecule has 3 heteroatoms. The Kier molecular flexibility index (Phi) is 3.82. The van der Waals surface area contributed by atoms with E-state index in [0.29, 0.717) is 6.04 Å². The SMILES string of the molecule is CCc1cc(N)cc(Cl)c1N1CCCC[C@H]1C. The number of anilines is 2. The van der Waals surface area contributed by atoms with Crippen molar-refractivity contribution in [1.82, 2.24) is 0 Å². The molecular weight excluding hydrogens is 232 g/mol. The van der Waals surface area contributed by atoms with Crippen LogP contribution in [0.25, 0.3) is 0 Å². The van der Waals surface area contributed by atoms with Gasteiger partial charge in [0.1, 0.15) is 0 Å². The molecule has 1 fully saturated rings. The van der Waals surface area contributed by atoms with Crippen LogP contribution in [0.5, 0.6) is 0 Å². The Morgan fingerprint density at radius 3 is 2.82 bits per heavy atom. The van der Waals surface area contributed by atoms with Gasteiger partial charge in [-0.05, 0) is 50.3 Å². The number of rotatable bonds is 2. The lowest BCUT2D eigenvalue weighted by Gasteiger charge is -2.37. The van der Waals surface area contributed by atoms with Gasteiger partial charge in [-0.25, -0.2) is 0 Å². The normalized spacial score (nSPS) is 20.6. The summed E-state index contributed by atoms with van der Waals surface area (Å²) in [6.45, 7) is 5.55. The van der Waals surface area contributed by atoms with Crippen molar-refractivity contribution in [1.29, 1.82) is 0 Å². The summed E-state index contributed by atoms with van der Waals surface area (Å²) in [6, 6.07) is 4.51. The van der Waals surface area contributed by atoms with E-state index in [1.54, 1.807) is 0 Å². The first-order valence-corrected chi connectivity index (χ1v) is 6.85. The highest BCUT2D eigenvalue weighted by Crippen LogP contribution is 2.36. The van der Waals surface area contributed by atoms with Crippen molar-refractivity contribution in [2.45, 2.75) is 45.6 Å². The minimum atomic E-state index is 0.579. The molecule has 1 atom stereocenters. The van der Waals surface area contributed by atoms with Gasteiger partial charge in [-0.2, -0.15) is 0 Å². The molecular formula is C14H21ClN2. The monoisotopic (exact) mass is 252 g/mol. The average molecular weight is 253 g/mol. The van der Waals surface area contributed by atoms with Crippen LogP contribution in [0.3, 0.4) is 0 Å². The standard InChI is InChI=1S/C14H21ClN2/c1-3-11-8-12(16)9-13(15)14(11)17-7-5-4-6-10(17)2/h8-10H,3-7,16H2,1-2H3/t10-/m1/s1. The Morgan fingerprint density at radius 1 is 1.41 bits per heavy atom. The predicted molar refractivity (Wildman–Crippen MR) is 75.9 cm³/mol. The van der Waals surface area contributed by atoms with Gasteiger partial charge in [0.25, 0.3) is 0 Å². The van der Waals surface area contributed by atoms with Crippen molar-refractivity contribution < 1.29 is 0 Å². The molecule has 1 aliphatic rings. The number of nitrogens with two attached hydrogens (primary N) is 1. The Morgan fingerprint density at radius 2 is 2.18 bits per heavy atom. The van der Waals surface area contributed by atoms with Crippen molar-refractivity contribution in [3.05, 3.63) is 22.7 Å². The smallest absolute Gasteiger partial charge is 0.0662 e. The minimum Gasteiger partial charge on any atom is -0.399 e. The third kappa shape index (κ3) is 2.52. The first-order chi connectivity index (χ1) is 8.13. The zero-order chi connectivity index (χ0) is 12.4. The van der Waals surface area contributed by atoms with Gasteiger partial charge >= 0.3 is 0 Å². The maximum absolute atomic E-state index is 6.39. The zero-order valence-corrected chi connectivity index (χ0v) is 11.4. The lowest BCUT2D eigenvalue weighted by molar-refractivity contribution is 0.484. The highest BCUT2D eigenvalue weighted by Gasteiger charge is 2.22. The molecule has 0 spiro atoms. The maximum atomic E-state index is 6.39. The summed E-state index contributed by atoms with van der Waals surface area (Å²) in [5, 5.41) is 0.801. The second-order valence-electron chi connectivity index (χ2n) is 4.90. The molecule has 0 aliphatic carbocycles. The number of nitrogens with zero attached hydrogens (tertiary/aromatic N) is 1. The van der Waals surface area contributed by atoms with Crippen LogP contribution < -0.4 is 10.6 Å². The van der Waals surface area contributed by atoms with E-state index < -0.39 is 0 Å². The number of nitrogen functional groups attached to an aromatic ring is 1. The Hall–Kier alpha value is -0.890. The van der Waals surface area contributed by atoms with Gasteiger partial charge in [-0.1, -0.05) is 18.5 Å². The molecule has 0 saturated carbocycles. The first kappa shape index (κ1) is 12.6. The molecule has 0 amide bonds. The number of piperidine rings is 1. The second-order valence-corrected chi connectivity index (χ2v) is 5.31. The molecule has 0 bridgehead atoms. The Labute approximate surface area is 109 Å². The molecule has 1 heterocycles. The Balaban J connectivity index is 2.42. The second kappa shape index (κ2) is 5.18. The van der Waals surface area contributed by atoms with Gasteiger partial charge in [0.05, 0.1) is 10.7 Å². The van der Waals surface area contributed by atoms with Gasteiger partial charge in [-0.15, -0.1) is 0 Å². The summed E-state index contributed by atoms with van der Waals surface area (Å²) in [7, 11) is 0. The van der Waals surface area contributed by atoms with E-state index in [0.717, 1.165) is 23.7 Å². The third-order valence-corrected chi connectivity index (χ3v) is 3.92. The number of halogens is 1. The van der Waals surface area contributed by atoms with Crippen LogP contribution >= 0.6 is 11.6 Å². The zero-order valence-electron chi connectivity index (χ0n) is 10.7. The van der Waals surface area contributed by atoms with Gasteiger partial charge in [-0.3, -0.25) is 0 Å². The summed E-state index contributed by atoms with van der Waals surface area (Å²) >= 11 is 6.39. The van der Waals surface area contributed by atoms with E-state index in [-0.39, 0.29) is 0 Å². The van der Waals surface area contributed by atoms with Crippen molar-refractivity contribution >= 4 is 23.0 Å². The van der Waals surface area contributed by atoms with Gasteiger partial charge in [0, 0.05) is 18.3 Å². The molecule has 0 radical (unpaired) electrons. The van der Waals surface area contributed by atoms with Crippen LogP contribution in [0.2, 0.25) is 5.02 Å². The van der Waals surface area contributed by atoms with Crippen LogP contribution in [-0.2, 0) is 6.42 Å². The average Bonchev–Trinajstić information content (AvgIpc) is 2.29. The number of aryl methyl sites for hydroxylation is 1. The summed E-state index contributed by atoms with van der Waals surface area (Å²) in [5.41, 5.74) is 9.10. The third-order valence-electron chi connectivity index (χ3n) is 3.64. The van der Waals surface area contributed by atoms with Crippen LogP contribution in [0, 0.1) is 0 Å². The highest BCUT2D eigenvalue weighted by atomic mass is 35.5. The minimum absolute atomic E-state index is 0.579. The molecule has 2 rings (SSSR count). The van der Waals surface area contributed by atoms with Crippen LogP contribution in [0.15, 0.2) is 12.1 Å². The quantitative estimate of drug-likeness (QED) is 0.810. The predicted octanol–water partition coefficient (Wildman–Crippen LogP) is 3.86. The van der Waals surface area contributed by atoms with Crippen molar-refractivity contribution in [3.63, 3.8) is 0 Å². The summed E-state index contributed by atoms with van der Waals surface area (Å²) < 4.78 is 0. The maximum Gasteiger partial charge on any atom is 0.0662 e. The van der Waals surface area contributed by atoms with Gasteiger partial charge < -0.3 is 10.6 Å². The summed E-state index contributed by atoms with van der Waals surface area (Å²) in [4.78, 5) is 2.45. The molecule has 0 aromatic heterocycles. The first-order valence-electron chi connectivity index (χ1n) is 6.48. The van der Waals surface area contributed by atoms with Crippen molar-refractivity contribution in [2.75, 3.05) is 17.2 Å². The molecule has 1 saturated heterocycles. The number of benzene rings is 1. The van der Waals surface area contributed by atoms with E-state index >= 15 is 0 Å². The molecule has 2 N–H and O–H groups in total. The fourth-order valence-electron chi connectivity index (χ4n) is 2.70. The molecule has 17 heavy (non-hydrogen) atoms. The van der Waals surface area contributed by atoms with E-state index in [2.05, 4.69) is 24.8 Å². The molecule has 1 aromatic rings. The lowest BCUT2D eigenvalue weighted by Crippen LogP contribution is -2.38. The summed E-state index contributed by atoms with van der Waals surface area (Å²) in [5.74, 6) is 0. The van der Waals surface area contributed by atoms with Gasteiger partial charge in [0.15, 0.2) is 0 Å². The molecule has 94 valence electrons. The molecule has 0 unspecified atom stereocenters. The van der Waals surface area contributed by atoms with E-state index in [4.69, 9.17) is 17.3 Å². The van der Waals surface area contributed by atoms with Gasteiger partial charge in [0.2, 0.25) is 0 Å². The van der Waals surface area contributed by atoms with E-state index in [1.807, 2.05) is 6.07 Å². The molecule has 2 nitrogen and oxygen atoms in total. The number of hydrogen-bond acceptors (Lipinski definition) is 2. The van der Waals surface area contributed by atoms with Crippen LogP contribution in [0.1, 0.15) is 38.7 Å². The fourth-order valence-corrected chi connectivity index (χ4v) is 3.06. The highest BCUT2D eigenvalue weighted by molar-refractivity contribution is 6.33. The van der Waals surface area contributed by atoms with Crippen molar-refractivity contribution in [3.8, 4) is 0 Å². The number of hydrogen-bond donors (Lipinski definition) is 1. The van der Waals surface area contributed by atoms with Crippen LogP contribution in [-0.4, -0.2) is 12.6 Å². The lowest BCUT2D eigenvalue weighted by atomic mass is 10.00.